The lowest BCUT2D eigenvalue weighted by Gasteiger charge is -2.33. The van der Waals surface area contributed by atoms with Crippen molar-refractivity contribution < 1.29 is 14.4 Å². The molecule has 1 saturated heterocycles. The largest absolute Gasteiger partial charge is 0.497 e. The summed E-state index contributed by atoms with van der Waals surface area (Å²) in [6.07, 6.45) is 0. The quantitative estimate of drug-likeness (QED) is 0.653. The maximum atomic E-state index is 12.5. The molecule has 1 aliphatic rings. The van der Waals surface area contributed by atoms with E-state index in [1.807, 2.05) is 56.3 Å². The molecule has 29 heavy (non-hydrogen) atoms. The lowest BCUT2D eigenvalue weighted by Crippen LogP contribution is -3.15. The van der Waals surface area contributed by atoms with Gasteiger partial charge in [0, 0.05) is 11.4 Å². The molecular weight excluding hydrogens is 384 g/mol. The van der Waals surface area contributed by atoms with Crippen LogP contribution in [0.15, 0.2) is 42.5 Å². The lowest BCUT2D eigenvalue weighted by molar-refractivity contribution is -0.895. The number of benzene rings is 2. The summed E-state index contributed by atoms with van der Waals surface area (Å²) in [6.45, 7) is 7.92. The third-order valence-electron chi connectivity index (χ3n) is 5.26. The predicted molar refractivity (Wildman–Crippen MR) is 121 cm³/mol. The minimum absolute atomic E-state index is 0.0600. The van der Waals surface area contributed by atoms with Gasteiger partial charge in [-0.2, -0.15) is 0 Å². The summed E-state index contributed by atoms with van der Waals surface area (Å²) in [7, 11) is 1.65. The molecule has 0 spiro atoms. The van der Waals surface area contributed by atoms with Crippen molar-refractivity contribution in [3.05, 3.63) is 53.6 Å². The van der Waals surface area contributed by atoms with E-state index in [4.69, 9.17) is 17.0 Å². The van der Waals surface area contributed by atoms with Crippen molar-refractivity contribution in [2.45, 2.75) is 13.8 Å². The first kappa shape index (κ1) is 21.1. The van der Waals surface area contributed by atoms with E-state index in [0.29, 0.717) is 11.7 Å². The number of hydrogen-bond donors (Lipinski definition) is 3. The summed E-state index contributed by atoms with van der Waals surface area (Å²) in [5, 5.41) is 7.07. The molecule has 2 aromatic carbocycles. The van der Waals surface area contributed by atoms with E-state index in [1.165, 1.54) is 4.90 Å². The van der Waals surface area contributed by atoms with Crippen LogP contribution in [0.25, 0.3) is 0 Å². The fraction of sp³-hybridized carbons (Fsp3) is 0.364. The number of anilines is 2. The Morgan fingerprint density at radius 3 is 2.28 bits per heavy atom. The minimum atomic E-state index is 0.0600. The van der Waals surface area contributed by atoms with Gasteiger partial charge in [0.15, 0.2) is 11.7 Å². The highest BCUT2D eigenvalue weighted by Gasteiger charge is 2.24. The zero-order chi connectivity index (χ0) is 20.8. The number of hydrogen-bond acceptors (Lipinski definition) is 3. The maximum Gasteiger partial charge on any atom is 0.279 e. The summed E-state index contributed by atoms with van der Waals surface area (Å²) in [6, 6.07) is 13.8. The monoisotopic (exact) mass is 413 g/mol. The molecule has 1 fully saturated rings. The number of para-hydroxylation sites is 1. The van der Waals surface area contributed by atoms with E-state index in [1.54, 1.807) is 7.11 Å². The third-order valence-corrected chi connectivity index (χ3v) is 5.62. The van der Waals surface area contributed by atoms with Crippen LogP contribution in [0.2, 0.25) is 0 Å². The first-order chi connectivity index (χ1) is 14.0. The van der Waals surface area contributed by atoms with Crippen molar-refractivity contribution in [3.8, 4) is 5.75 Å². The average Bonchev–Trinajstić information content (AvgIpc) is 2.72. The van der Waals surface area contributed by atoms with Gasteiger partial charge in [0.05, 0.1) is 33.3 Å². The van der Waals surface area contributed by atoms with Gasteiger partial charge in [-0.1, -0.05) is 18.2 Å². The number of carbonyl (C=O) groups is 1. The number of nitrogens with one attached hydrogen (secondary N) is 3. The van der Waals surface area contributed by atoms with Crippen LogP contribution in [0.1, 0.15) is 11.1 Å². The van der Waals surface area contributed by atoms with Crippen LogP contribution >= 0.6 is 12.2 Å². The highest BCUT2D eigenvalue weighted by Crippen LogP contribution is 2.19. The van der Waals surface area contributed by atoms with Crippen LogP contribution in [-0.2, 0) is 4.79 Å². The number of nitrogens with zero attached hydrogens (tertiary/aromatic N) is 1. The number of thiocarbonyl (C=S) groups is 1. The molecule has 6 nitrogen and oxygen atoms in total. The molecule has 0 atom stereocenters. The topological polar surface area (TPSA) is 58.0 Å². The molecule has 3 rings (SSSR count). The molecule has 7 heteroatoms. The van der Waals surface area contributed by atoms with Gasteiger partial charge in [-0.05, 0) is 61.5 Å². The standard InChI is InChI=1S/C22H28N4O2S/c1-16-5-4-6-17(2)21(16)24-20(27)15-25-11-13-26(14-12-25)22(29)23-18-7-9-19(28-3)10-8-18/h4-10H,11-15H2,1-3H3,(H,23,29)(H,24,27)/p+1. The van der Waals surface area contributed by atoms with Crippen LogP contribution in [0, 0.1) is 13.8 Å². The van der Waals surface area contributed by atoms with Gasteiger partial charge in [0.2, 0.25) is 0 Å². The average molecular weight is 414 g/mol. The van der Waals surface area contributed by atoms with Crippen LogP contribution < -0.4 is 20.3 Å². The Morgan fingerprint density at radius 1 is 1.07 bits per heavy atom. The molecule has 1 aliphatic heterocycles. The Hall–Kier alpha value is -2.64. The first-order valence-electron chi connectivity index (χ1n) is 9.86. The van der Waals surface area contributed by atoms with Crippen LogP contribution in [0.5, 0.6) is 5.75 Å². The number of amides is 1. The second-order valence-electron chi connectivity index (χ2n) is 7.39. The number of rotatable bonds is 5. The molecule has 1 amide bonds. The van der Waals surface area contributed by atoms with Crippen molar-refractivity contribution in [1.82, 2.24) is 4.90 Å². The lowest BCUT2D eigenvalue weighted by atomic mass is 10.1. The van der Waals surface area contributed by atoms with Gasteiger partial charge in [0.25, 0.3) is 5.91 Å². The summed E-state index contributed by atoms with van der Waals surface area (Å²) in [5.41, 5.74) is 4.06. The summed E-state index contributed by atoms with van der Waals surface area (Å²) < 4.78 is 5.18. The Morgan fingerprint density at radius 2 is 1.69 bits per heavy atom. The Balaban J connectivity index is 1.46. The molecule has 154 valence electrons. The van der Waals surface area contributed by atoms with Crippen molar-refractivity contribution in [1.29, 1.82) is 0 Å². The SMILES string of the molecule is COc1ccc(NC(=S)N2CC[NH+](CC(=O)Nc3c(C)cccc3C)CC2)cc1. The van der Waals surface area contributed by atoms with Gasteiger partial charge in [0.1, 0.15) is 5.75 Å². The number of ether oxygens (including phenoxy) is 1. The van der Waals surface area contributed by atoms with Crippen molar-refractivity contribution in [3.63, 3.8) is 0 Å². The van der Waals surface area contributed by atoms with E-state index in [-0.39, 0.29) is 5.91 Å². The molecule has 0 aliphatic carbocycles. The minimum Gasteiger partial charge on any atom is -0.497 e. The smallest absolute Gasteiger partial charge is 0.279 e. The second kappa shape index (κ2) is 9.71. The fourth-order valence-corrected chi connectivity index (χ4v) is 3.80. The first-order valence-corrected chi connectivity index (χ1v) is 10.3. The normalized spacial score (nSPS) is 14.4. The highest BCUT2D eigenvalue weighted by atomic mass is 32.1. The molecule has 0 aromatic heterocycles. The summed E-state index contributed by atoms with van der Waals surface area (Å²) in [4.78, 5) is 15.9. The van der Waals surface area contributed by atoms with Gasteiger partial charge >= 0.3 is 0 Å². The number of quaternary nitrogens is 1. The number of carbonyl (C=O) groups excluding carboxylic acids is 1. The third kappa shape index (κ3) is 5.68. The van der Waals surface area contributed by atoms with Crippen molar-refractivity contribution in [2.75, 3.05) is 50.5 Å². The van der Waals surface area contributed by atoms with Gasteiger partial charge < -0.3 is 25.2 Å². The number of aryl methyl sites for hydroxylation is 2. The van der Waals surface area contributed by atoms with E-state index < -0.39 is 0 Å². The predicted octanol–water partition coefficient (Wildman–Crippen LogP) is 1.85. The molecular formula is C22H29N4O2S+. The molecule has 0 radical (unpaired) electrons. The van der Waals surface area contributed by atoms with Crippen LogP contribution in [0.3, 0.4) is 0 Å². The zero-order valence-electron chi connectivity index (χ0n) is 17.2. The summed E-state index contributed by atoms with van der Waals surface area (Å²) >= 11 is 5.55. The van der Waals surface area contributed by atoms with Crippen molar-refractivity contribution >= 4 is 34.6 Å². The van der Waals surface area contributed by atoms with Crippen LogP contribution in [0.4, 0.5) is 11.4 Å². The molecule has 0 unspecified atom stereocenters. The Labute approximate surface area is 177 Å². The number of piperazine rings is 1. The van der Waals surface area contributed by atoms with Crippen LogP contribution in [-0.4, -0.2) is 55.8 Å². The highest BCUT2D eigenvalue weighted by molar-refractivity contribution is 7.80. The Bertz CT molecular complexity index is 841. The van der Waals surface area contributed by atoms with Gasteiger partial charge in [-0.3, -0.25) is 4.79 Å². The zero-order valence-corrected chi connectivity index (χ0v) is 18.1. The fourth-order valence-electron chi connectivity index (χ4n) is 3.50. The van der Waals surface area contributed by atoms with Gasteiger partial charge in [-0.25, -0.2) is 0 Å². The summed E-state index contributed by atoms with van der Waals surface area (Å²) in [5.74, 6) is 0.877. The van der Waals surface area contributed by atoms with E-state index in [2.05, 4.69) is 15.5 Å². The maximum absolute atomic E-state index is 12.5. The molecule has 0 saturated carbocycles. The number of methoxy groups -OCH3 is 1. The molecule has 2 aromatic rings. The van der Waals surface area contributed by atoms with E-state index in [9.17, 15) is 4.79 Å². The van der Waals surface area contributed by atoms with Gasteiger partial charge in [-0.15, -0.1) is 0 Å². The molecule has 1 heterocycles. The molecule has 3 N–H and O–H groups in total. The van der Waals surface area contributed by atoms with Crippen molar-refractivity contribution in [2.24, 2.45) is 0 Å². The second-order valence-corrected chi connectivity index (χ2v) is 7.77. The van der Waals surface area contributed by atoms with E-state index in [0.717, 1.165) is 54.4 Å². The molecule has 0 bridgehead atoms. The Kier molecular flexibility index (Phi) is 7.06. The van der Waals surface area contributed by atoms with E-state index >= 15 is 0 Å².